The molecule has 144 valence electrons. The number of benzene rings is 2. The van der Waals surface area contributed by atoms with Crippen LogP contribution in [0.2, 0.25) is 0 Å². The fourth-order valence-corrected chi connectivity index (χ4v) is 3.80. The van der Waals surface area contributed by atoms with Gasteiger partial charge in [0.05, 0.1) is 5.39 Å². The largest absolute Gasteiger partial charge is 0.371 e. The zero-order chi connectivity index (χ0) is 19.5. The van der Waals surface area contributed by atoms with Crippen molar-refractivity contribution in [2.45, 2.75) is 32.9 Å². The van der Waals surface area contributed by atoms with Crippen LogP contribution in [0.5, 0.6) is 0 Å². The van der Waals surface area contributed by atoms with Gasteiger partial charge in [-0.15, -0.1) is 0 Å². The van der Waals surface area contributed by atoms with E-state index >= 15 is 0 Å². The summed E-state index contributed by atoms with van der Waals surface area (Å²) in [4.78, 5) is 27.8. The van der Waals surface area contributed by atoms with Crippen molar-refractivity contribution in [2.24, 2.45) is 0 Å². The minimum absolute atomic E-state index is 0.172. The topological polar surface area (TPSA) is 67.2 Å². The van der Waals surface area contributed by atoms with Gasteiger partial charge >= 0.3 is 0 Å². The number of anilines is 1. The lowest BCUT2D eigenvalue weighted by molar-refractivity contribution is 0.0945. The number of aromatic nitrogens is 2. The van der Waals surface area contributed by atoms with Crippen LogP contribution in [0.1, 0.15) is 35.8 Å². The summed E-state index contributed by atoms with van der Waals surface area (Å²) < 4.78 is 1.34. The highest BCUT2D eigenvalue weighted by atomic mass is 16.2. The third-order valence-electron chi connectivity index (χ3n) is 5.26. The van der Waals surface area contributed by atoms with E-state index in [2.05, 4.69) is 21.4 Å². The molecule has 0 aliphatic carbocycles. The number of aryl methyl sites for hydroxylation is 1. The Morgan fingerprint density at radius 2 is 1.71 bits per heavy atom. The molecule has 6 nitrogen and oxygen atoms in total. The Morgan fingerprint density at radius 1 is 1.04 bits per heavy atom. The number of hydrogen-bond donors (Lipinski definition) is 1. The normalized spacial score (nSPS) is 13.8. The highest BCUT2D eigenvalue weighted by Crippen LogP contribution is 2.24. The van der Waals surface area contributed by atoms with E-state index in [0.717, 1.165) is 18.7 Å². The number of amides is 1. The number of para-hydroxylation sites is 1. The summed E-state index contributed by atoms with van der Waals surface area (Å²) in [6.07, 6.45) is 2.41. The second kappa shape index (κ2) is 7.84. The summed E-state index contributed by atoms with van der Waals surface area (Å²) in [5, 5.41) is 8.41. The van der Waals surface area contributed by atoms with E-state index in [0.29, 0.717) is 23.9 Å². The van der Waals surface area contributed by atoms with Gasteiger partial charge in [0, 0.05) is 37.3 Å². The molecule has 3 aromatic rings. The number of carbonyl (C=O) groups excluding carboxylic acids is 1. The first-order valence-corrected chi connectivity index (χ1v) is 9.80. The fourth-order valence-electron chi connectivity index (χ4n) is 3.80. The number of nitrogens with zero attached hydrogens (tertiary/aromatic N) is 3. The number of carbonyl (C=O) groups is 1. The molecule has 0 bridgehead atoms. The lowest BCUT2D eigenvalue weighted by Gasteiger charge is -2.21. The Bertz CT molecular complexity index is 1070. The van der Waals surface area contributed by atoms with Gasteiger partial charge in [0.2, 0.25) is 0 Å². The number of fused-ring (bicyclic) bond motifs is 1. The van der Waals surface area contributed by atoms with Crippen molar-refractivity contribution in [1.82, 2.24) is 15.1 Å². The molecule has 28 heavy (non-hydrogen) atoms. The highest BCUT2D eigenvalue weighted by Gasteiger charge is 2.18. The van der Waals surface area contributed by atoms with Gasteiger partial charge < -0.3 is 10.2 Å². The fraction of sp³-hybridized carbons (Fsp3) is 0.318. The van der Waals surface area contributed by atoms with Crippen molar-refractivity contribution >= 4 is 22.4 Å². The molecule has 1 aliphatic rings. The highest BCUT2D eigenvalue weighted by molar-refractivity contribution is 6.04. The molecule has 1 N–H and O–H groups in total. The van der Waals surface area contributed by atoms with Crippen LogP contribution in [0.15, 0.2) is 53.3 Å². The Hall–Kier alpha value is -3.15. The zero-order valence-corrected chi connectivity index (χ0v) is 16.0. The molecule has 6 heteroatoms. The van der Waals surface area contributed by atoms with Gasteiger partial charge in [0.1, 0.15) is 0 Å². The monoisotopic (exact) mass is 376 g/mol. The summed E-state index contributed by atoms with van der Waals surface area (Å²) in [7, 11) is 0. The molecule has 2 aromatic carbocycles. The molecule has 1 aromatic heterocycles. The standard InChI is InChI=1S/C22H24N4O2/c1-2-26-22(28)18-11-5-4-10-17(18)20(24-26)21(27)23-15-16-9-3-6-12-19(16)25-13-7-8-14-25/h3-6,9-12H,2,7-8,13-15H2,1H3,(H,23,27). The summed E-state index contributed by atoms with van der Waals surface area (Å²) in [6.45, 7) is 4.79. The molecule has 1 saturated heterocycles. The van der Waals surface area contributed by atoms with Gasteiger partial charge in [0.15, 0.2) is 5.69 Å². The van der Waals surface area contributed by atoms with Crippen LogP contribution in [-0.4, -0.2) is 28.8 Å². The van der Waals surface area contributed by atoms with Crippen molar-refractivity contribution in [3.63, 3.8) is 0 Å². The second-order valence-electron chi connectivity index (χ2n) is 7.02. The van der Waals surface area contributed by atoms with Crippen molar-refractivity contribution < 1.29 is 4.79 Å². The van der Waals surface area contributed by atoms with Gasteiger partial charge in [-0.05, 0) is 37.5 Å². The quantitative estimate of drug-likeness (QED) is 0.743. The van der Waals surface area contributed by atoms with Gasteiger partial charge in [-0.2, -0.15) is 5.10 Å². The Labute approximate surface area is 163 Å². The summed E-state index contributed by atoms with van der Waals surface area (Å²) >= 11 is 0. The average molecular weight is 376 g/mol. The first-order valence-electron chi connectivity index (χ1n) is 9.80. The first-order chi connectivity index (χ1) is 13.7. The van der Waals surface area contributed by atoms with Crippen molar-refractivity contribution in [1.29, 1.82) is 0 Å². The van der Waals surface area contributed by atoms with E-state index in [1.165, 1.54) is 23.2 Å². The van der Waals surface area contributed by atoms with Crippen LogP contribution in [0, 0.1) is 0 Å². The molecule has 0 unspecified atom stereocenters. The van der Waals surface area contributed by atoms with Crippen molar-refractivity contribution in [2.75, 3.05) is 18.0 Å². The zero-order valence-electron chi connectivity index (χ0n) is 16.0. The van der Waals surface area contributed by atoms with Crippen molar-refractivity contribution in [3.05, 3.63) is 70.1 Å². The van der Waals surface area contributed by atoms with Crippen LogP contribution < -0.4 is 15.8 Å². The molecule has 1 fully saturated rings. The Balaban J connectivity index is 1.62. The number of rotatable bonds is 5. The average Bonchev–Trinajstić information content (AvgIpc) is 3.27. The van der Waals surface area contributed by atoms with Crippen LogP contribution in [0.25, 0.3) is 10.8 Å². The molecule has 0 saturated carbocycles. The number of nitrogens with one attached hydrogen (secondary N) is 1. The third kappa shape index (κ3) is 3.38. The van der Waals surface area contributed by atoms with Crippen molar-refractivity contribution in [3.8, 4) is 0 Å². The van der Waals surface area contributed by atoms with E-state index < -0.39 is 0 Å². The maximum Gasteiger partial charge on any atom is 0.274 e. The Kier molecular flexibility index (Phi) is 5.10. The minimum Gasteiger partial charge on any atom is -0.371 e. The van der Waals surface area contributed by atoms with Crippen LogP contribution in [0.3, 0.4) is 0 Å². The predicted octanol–water partition coefficient (Wildman–Crippen LogP) is 2.95. The van der Waals surface area contributed by atoms with Gasteiger partial charge in [-0.25, -0.2) is 4.68 Å². The number of hydrogen-bond acceptors (Lipinski definition) is 4. The summed E-state index contributed by atoms with van der Waals surface area (Å²) in [5.41, 5.74) is 2.38. The van der Waals surface area contributed by atoms with E-state index in [4.69, 9.17) is 0 Å². The summed E-state index contributed by atoms with van der Waals surface area (Å²) in [6, 6.07) is 15.3. The minimum atomic E-state index is -0.269. The maximum absolute atomic E-state index is 12.9. The SMILES string of the molecule is CCn1nc(C(=O)NCc2ccccc2N2CCCC2)c2ccccc2c1=O. The molecular weight excluding hydrogens is 352 g/mol. The van der Waals surface area contributed by atoms with E-state index in [1.54, 1.807) is 18.2 Å². The molecule has 0 radical (unpaired) electrons. The van der Waals surface area contributed by atoms with Gasteiger partial charge in [0.25, 0.3) is 11.5 Å². The molecule has 4 rings (SSSR count). The molecular formula is C22H24N4O2. The first kappa shape index (κ1) is 18.2. The molecule has 2 heterocycles. The van der Waals surface area contributed by atoms with Crippen LogP contribution in [-0.2, 0) is 13.1 Å². The predicted molar refractivity (Wildman–Crippen MR) is 111 cm³/mol. The smallest absolute Gasteiger partial charge is 0.274 e. The van der Waals surface area contributed by atoms with Gasteiger partial charge in [-0.1, -0.05) is 36.4 Å². The molecule has 1 aliphatic heterocycles. The lowest BCUT2D eigenvalue weighted by Crippen LogP contribution is -2.30. The Morgan fingerprint density at radius 3 is 2.46 bits per heavy atom. The second-order valence-corrected chi connectivity index (χ2v) is 7.02. The molecule has 0 atom stereocenters. The molecule has 0 spiro atoms. The lowest BCUT2D eigenvalue weighted by atomic mass is 10.1. The van der Waals surface area contributed by atoms with Gasteiger partial charge in [-0.3, -0.25) is 9.59 Å². The summed E-state index contributed by atoms with van der Waals surface area (Å²) in [5.74, 6) is -0.269. The van der Waals surface area contributed by atoms with Crippen LogP contribution in [0.4, 0.5) is 5.69 Å². The van der Waals surface area contributed by atoms with E-state index in [9.17, 15) is 9.59 Å². The molecule has 1 amide bonds. The third-order valence-corrected chi connectivity index (χ3v) is 5.26. The van der Waals surface area contributed by atoms with E-state index in [1.807, 2.05) is 31.2 Å². The maximum atomic E-state index is 12.9. The van der Waals surface area contributed by atoms with Crippen LogP contribution >= 0.6 is 0 Å². The van der Waals surface area contributed by atoms with E-state index in [-0.39, 0.29) is 17.2 Å².